The average Bonchev–Trinajstić information content (AvgIpc) is 1.96. The van der Waals surface area contributed by atoms with Crippen LogP contribution < -0.4 is 5.73 Å². The van der Waals surface area contributed by atoms with Gasteiger partial charge in [0.1, 0.15) is 11.5 Å². The van der Waals surface area contributed by atoms with Crippen LogP contribution in [0.4, 0.5) is 14.6 Å². The molecule has 0 aliphatic carbocycles. The van der Waals surface area contributed by atoms with Crippen LogP contribution >= 0.6 is 45.2 Å². The van der Waals surface area contributed by atoms with Gasteiger partial charge < -0.3 is 5.73 Å². The summed E-state index contributed by atoms with van der Waals surface area (Å²) in [5, 5.41) is 0. The highest BCUT2D eigenvalue weighted by molar-refractivity contribution is 14.1. The molecule has 0 saturated carbocycles. The molecular weight excluding hydrogens is 392 g/mol. The van der Waals surface area contributed by atoms with Gasteiger partial charge in [-0.15, -0.1) is 0 Å². The van der Waals surface area contributed by atoms with Crippen molar-refractivity contribution in [3.05, 3.63) is 18.9 Å². The van der Waals surface area contributed by atoms with Gasteiger partial charge in [-0.3, -0.25) is 0 Å². The summed E-state index contributed by atoms with van der Waals surface area (Å²) in [6, 6.07) is 1.56. The summed E-state index contributed by atoms with van der Waals surface area (Å²) in [4.78, 5) is 3.55. The van der Waals surface area contributed by atoms with Gasteiger partial charge in [-0.2, -0.15) is 0 Å². The molecule has 66 valence electrons. The summed E-state index contributed by atoms with van der Waals surface area (Å²) in [7, 11) is 0. The number of nitrogens with zero attached hydrogens (tertiary/aromatic N) is 1. The maximum absolute atomic E-state index is 12.3. The fourth-order valence-electron chi connectivity index (χ4n) is 0.681. The molecule has 1 aromatic heterocycles. The molecule has 0 bridgehead atoms. The normalized spacial score (nSPS) is 10.8. The second-order valence-corrected chi connectivity index (χ2v) is 4.27. The number of nitrogen functional groups attached to an aromatic ring is 1. The first-order valence-corrected chi connectivity index (χ1v) is 5.07. The van der Waals surface area contributed by atoms with Crippen molar-refractivity contribution in [1.29, 1.82) is 0 Å². The third kappa shape index (κ3) is 2.15. The van der Waals surface area contributed by atoms with E-state index in [4.69, 9.17) is 5.73 Å². The monoisotopic (exact) mass is 396 g/mol. The maximum atomic E-state index is 12.3. The van der Waals surface area contributed by atoms with Crippen molar-refractivity contribution < 1.29 is 8.78 Å². The van der Waals surface area contributed by atoms with Gasteiger partial charge in [0.05, 0.1) is 3.57 Å². The smallest absolute Gasteiger partial charge is 0.281 e. The number of hydrogen-bond donors (Lipinski definition) is 1. The number of alkyl halides is 2. The Kier molecular flexibility index (Phi) is 3.44. The highest BCUT2D eigenvalue weighted by Crippen LogP contribution is 2.27. The van der Waals surface area contributed by atoms with Crippen molar-refractivity contribution in [2.75, 3.05) is 5.73 Å². The van der Waals surface area contributed by atoms with Gasteiger partial charge in [-0.05, 0) is 51.2 Å². The number of anilines is 1. The number of rotatable bonds is 1. The number of hydrogen-bond acceptors (Lipinski definition) is 2. The number of pyridine rings is 1. The van der Waals surface area contributed by atoms with Gasteiger partial charge in [-0.1, -0.05) is 0 Å². The van der Waals surface area contributed by atoms with E-state index in [9.17, 15) is 8.78 Å². The number of aromatic nitrogens is 1. The fraction of sp³-hybridized carbons (Fsp3) is 0.167. The van der Waals surface area contributed by atoms with Gasteiger partial charge in [0.25, 0.3) is 6.43 Å². The van der Waals surface area contributed by atoms with Crippen LogP contribution in [-0.4, -0.2) is 4.98 Å². The molecule has 1 rings (SSSR count). The topological polar surface area (TPSA) is 38.9 Å². The quantitative estimate of drug-likeness (QED) is 0.743. The van der Waals surface area contributed by atoms with E-state index in [0.717, 1.165) is 0 Å². The molecule has 0 aliphatic heterocycles. The molecule has 0 unspecified atom stereocenters. The first-order chi connectivity index (χ1) is 5.52. The van der Waals surface area contributed by atoms with Crippen LogP contribution in [0.2, 0.25) is 0 Å². The van der Waals surface area contributed by atoms with Gasteiger partial charge in [-0.25, -0.2) is 13.8 Å². The zero-order valence-electron chi connectivity index (χ0n) is 5.69. The molecule has 1 heterocycles. The Morgan fingerprint density at radius 3 is 2.50 bits per heavy atom. The lowest BCUT2D eigenvalue weighted by Crippen LogP contribution is -2.01. The molecule has 0 spiro atoms. The summed E-state index contributed by atoms with van der Waals surface area (Å²) in [5.74, 6) is 0.134. The third-order valence-electron chi connectivity index (χ3n) is 1.17. The Bertz CT molecular complexity index is 304. The minimum absolute atomic E-state index is 0.134. The molecule has 0 aromatic carbocycles. The van der Waals surface area contributed by atoms with Crippen molar-refractivity contribution in [3.8, 4) is 0 Å². The zero-order valence-corrected chi connectivity index (χ0v) is 10.0. The Labute approximate surface area is 95.2 Å². The van der Waals surface area contributed by atoms with Crippen LogP contribution in [0, 0.1) is 7.14 Å². The standard InChI is InChI=1S/C6H4F2I2N2/c7-6(8)5-4(10)2(9)1-3(11)12-5/h1,6H,(H2,11,12). The minimum Gasteiger partial charge on any atom is -0.384 e. The summed E-state index contributed by atoms with van der Waals surface area (Å²) < 4.78 is 25.7. The number of halogens is 4. The molecule has 0 saturated heterocycles. The van der Waals surface area contributed by atoms with Crippen molar-refractivity contribution in [3.63, 3.8) is 0 Å². The minimum atomic E-state index is -2.56. The fourth-order valence-corrected chi connectivity index (χ4v) is 1.79. The van der Waals surface area contributed by atoms with Gasteiger partial charge >= 0.3 is 0 Å². The van der Waals surface area contributed by atoms with Gasteiger partial charge in [0.2, 0.25) is 0 Å². The van der Waals surface area contributed by atoms with Crippen molar-refractivity contribution in [2.45, 2.75) is 6.43 Å². The molecule has 12 heavy (non-hydrogen) atoms. The Balaban J connectivity index is 3.28. The number of nitrogens with two attached hydrogens (primary N) is 1. The molecule has 0 fully saturated rings. The Morgan fingerprint density at radius 1 is 1.42 bits per heavy atom. The van der Waals surface area contributed by atoms with E-state index in [-0.39, 0.29) is 11.5 Å². The SMILES string of the molecule is Nc1cc(I)c(I)c(C(F)F)n1. The maximum Gasteiger partial charge on any atom is 0.281 e. The summed E-state index contributed by atoms with van der Waals surface area (Å²) >= 11 is 3.78. The Morgan fingerprint density at radius 2 is 2.00 bits per heavy atom. The lowest BCUT2D eigenvalue weighted by atomic mass is 10.3. The van der Waals surface area contributed by atoms with Gasteiger partial charge in [0, 0.05) is 3.57 Å². The molecule has 2 nitrogen and oxygen atoms in total. The summed E-state index contributed by atoms with van der Waals surface area (Å²) in [6.45, 7) is 0. The highest BCUT2D eigenvalue weighted by Gasteiger charge is 2.16. The van der Waals surface area contributed by atoms with Crippen molar-refractivity contribution in [1.82, 2.24) is 4.98 Å². The molecule has 6 heteroatoms. The molecule has 0 amide bonds. The first kappa shape index (κ1) is 10.4. The molecule has 0 aliphatic rings. The van der Waals surface area contributed by atoms with Crippen molar-refractivity contribution in [2.24, 2.45) is 0 Å². The van der Waals surface area contributed by atoms with Crippen LogP contribution in [0.1, 0.15) is 12.1 Å². The molecule has 2 N–H and O–H groups in total. The van der Waals surface area contributed by atoms with Crippen LogP contribution in [0.25, 0.3) is 0 Å². The van der Waals surface area contributed by atoms with E-state index in [1.807, 2.05) is 45.2 Å². The second kappa shape index (κ2) is 3.99. The third-order valence-corrected chi connectivity index (χ3v) is 4.18. The Hall–Kier alpha value is 0.270. The largest absolute Gasteiger partial charge is 0.384 e. The summed E-state index contributed by atoms with van der Waals surface area (Å²) in [5.41, 5.74) is 5.08. The van der Waals surface area contributed by atoms with E-state index < -0.39 is 6.43 Å². The van der Waals surface area contributed by atoms with Crippen LogP contribution in [0.5, 0.6) is 0 Å². The van der Waals surface area contributed by atoms with Crippen LogP contribution in [-0.2, 0) is 0 Å². The van der Waals surface area contributed by atoms with E-state index in [1.54, 1.807) is 6.07 Å². The predicted octanol–water partition coefficient (Wildman–Crippen LogP) is 2.81. The molecule has 0 atom stereocenters. The van der Waals surface area contributed by atoms with Crippen molar-refractivity contribution >= 4 is 51.0 Å². The van der Waals surface area contributed by atoms with E-state index in [0.29, 0.717) is 7.14 Å². The van der Waals surface area contributed by atoms with Gasteiger partial charge in [0.15, 0.2) is 0 Å². The molecule has 1 aromatic rings. The van der Waals surface area contributed by atoms with Crippen LogP contribution in [0.3, 0.4) is 0 Å². The van der Waals surface area contributed by atoms with E-state index in [1.165, 1.54) is 0 Å². The second-order valence-electron chi connectivity index (χ2n) is 2.03. The average molecular weight is 396 g/mol. The first-order valence-electron chi connectivity index (χ1n) is 2.92. The molecular formula is C6H4F2I2N2. The lowest BCUT2D eigenvalue weighted by Gasteiger charge is -2.05. The van der Waals surface area contributed by atoms with E-state index in [2.05, 4.69) is 4.98 Å². The van der Waals surface area contributed by atoms with E-state index >= 15 is 0 Å². The van der Waals surface area contributed by atoms with Crippen LogP contribution in [0.15, 0.2) is 6.07 Å². The molecule has 0 radical (unpaired) electrons. The predicted molar refractivity (Wildman–Crippen MR) is 59.0 cm³/mol. The summed E-state index contributed by atoms with van der Waals surface area (Å²) in [6.07, 6.45) is -2.56. The zero-order chi connectivity index (χ0) is 9.30. The highest BCUT2D eigenvalue weighted by atomic mass is 127. The lowest BCUT2D eigenvalue weighted by molar-refractivity contribution is 0.145.